The first-order valence-corrected chi connectivity index (χ1v) is 14.0. The van der Waals surface area contributed by atoms with E-state index in [-0.39, 0.29) is 10.8 Å². The minimum Gasteiger partial charge on any atom is -0.105 e. The van der Waals surface area contributed by atoms with Crippen LogP contribution in [0.25, 0.3) is 0 Å². The lowest BCUT2D eigenvalue weighted by molar-refractivity contribution is 0.589. The summed E-state index contributed by atoms with van der Waals surface area (Å²) in [4.78, 5) is 4.19. The molecule has 0 aliphatic rings. The fourth-order valence-corrected chi connectivity index (χ4v) is 8.31. The van der Waals surface area contributed by atoms with Gasteiger partial charge in [0, 0.05) is 14.7 Å². The predicted molar refractivity (Wildman–Crippen MR) is 133 cm³/mol. The molecule has 0 aliphatic carbocycles. The van der Waals surface area contributed by atoms with Crippen LogP contribution in [0.1, 0.15) is 52.7 Å². The van der Waals surface area contributed by atoms with Crippen LogP contribution >= 0.6 is 28.4 Å². The van der Waals surface area contributed by atoms with Gasteiger partial charge in [-0.1, -0.05) is 84.0 Å². The molecule has 2 heteroatoms. The second-order valence-electron chi connectivity index (χ2n) is 9.40. The molecule has 0 radical (unpaired) electrons. The van der Waals surface area contributed by atoms with Crippen LogP contribution in [0.3, 0.4) is 0 Å². The van der Waals surface area contributed by atoms with Crippen molar-refractivity contribution in [2.24, 2.45) is 0 Å². The van der Waals surface area contributed by atoms with Crippen molar-refractivity contribution in [3.8, 4) is 0 Å². The van der Waals surface area contributed by atoms with Gasteiger partial charge in [-0.25, -0.2) is 0 Å². The Balaban J connectivity index is 2.14. The summed E-state index contributed by atoms with van der Waals surface area (Å²) in [6.07, 6.45) is 0. The van der Waals surface area contributed by atoms with E-state index in [0.717, 1.165) is 0 Å². The molecule has 0 nitrogen and oxygen atoms in total. The van der Waals surface area contributed by atoms with Crippen molar-refractivity contribution in [2.45, 2.75) is 67.1 Å². The Bertz CT molecular complexity index is 854. The Labute approximate surface area is 184 Å². The Kier molecular flexibility index (Phi) is 6.03. The topological polar surface area (TPSA) is 0 Å². The number of halogens is 1. The lowest BCUT2D eigenvalue weighted by Gasteiger charge is -2.36. The summed E-state index contributed by atoms with van der Waals surface area (Å²) in [5, 5.41) is 0. The van der Waals surface area contributed by atoms with Crippen molar-refractivity contribution < 1.29 is 0 Å². The van der Waals surface area contributed by atoms with Crippen LogP contribution in [-0.2, 0) is 10.8 Å². The lowest BCUT2D eigenvalue weighted by Crippen LogP contribution is -2.11. The van der Waals surface area contributed by atoms with E-state index in [1.807, 2.05) is 0 Å². The van der Waals surface area contributed by atoms with Gasteiger partial charge in [0.1, 0.15) is 0 Å². The van der Waals surface area contributed by atoms with Gasteiger partial charge >= 0.3 is 0 Å². The molecule has 3 rings (SSSR count). The van der Waals surface area contributed by atoms with Crippen LogP contribution < -0.4 is 0 Å². The fourth-order valence-electron chi connectivity index (χ4n) is 3.30. The first-order chi connectivity index (χ1) is 13.0. The van der Waals surface area contributed by atoms with Gasteiger partial charge in [0.15, 0.2) is 0 Å². The van der Waals surface area contributed by atoms with E-state index in [0.29, 0.717) is 0 Å². The highest BCUT2D eigenvalue weighted by Crippen LogP contribution is 2.74. The van der Waals surface area contributed by atoms with E-state index < -0.39 is 7.20 Å². The number of rotatable bonds is 3. The van der Waals surface area contributed by atoms with E-state index >= 15 is 0 Å². The molecule has 0 amide bonds. The van der Waals surface area contributed by atoms with Crippen molar-refractivity contribution in [1.82, 2.24) is 0 Å². The zero-order chi connectivity index (χ0) is 20.6. The van der Waals surface area contributed by atoms with Crippen molar-refractivity contribution in [1.29, 1.82) is 0 Å². The highest BCUT2D eigenvalue weighted by atomic mass is 127. The van der Waals surface area contributed by atoms with Gasteiger partial charge in [0.25, 0.3) is 0 Å². The quantitative estimate of drug-likeness (QED) is 0.314. The number of hydrogen-bond donors (Lipinski definition) is 0. The van der Waals surface area contributed by atoms with E-state index in [4.69, 9.17) is 0 Å². The van der Waals surface area contributed by atoms with Gasteiger partial charge in [-0.3, -0.25) is 0 Å². The zero-order valence-corrected chi connectivity index (χ0v) is 20.8. The molecule has 0 saturated heterocycles. The highest BCUT2D eigenvalue weighted by molar-refractivity contribution is 14.2. The third kappa shape index (κ3) is 4.33. The molecule has 0 atom stereocenters. The molecule has 3 aromatic carbocycles. The maximum absolute atomic E-state index is 2.72. The first-order valence-electron chi connectivity index (χ1n) is 9.82. The Morgan fingerprint density at radius 3 is 1.14 bits per heavy atom. The second-order valence-corrected chi connectivity index (χ2v) is 15.9. The van der Waals surface area contributed by atoms with Crippen molar-refractivity contribution in [2.75, 3.05) is 0 Å². The molecule has 0 aromatic heterocycles. The van der Waals surface area contributed by atoms with E-state index in [1.54, 1.807) is 0 Å². The van der Waals surface area contributed by atoms with Crippen LogP contribution in [0.2, 0.25) is 0 Å². The number of hydrogen-bond acceptors (Lipinski definition) is 0. The van der Waals surface area contributed by atoms with Gasteiger partial charge in [0.2, 0.25) is 0 Å². The third-order valence-corrected chi connectivity index (χ3v) is 12.5. The Morgan fingerprint density at radius 2 is 0.821 bits per heavy atom. The molecule has 0 bridgehead atoms. The van der Waals surface area contributed by atoms with Crippen molar-refractivity contribution in [3.63, 3.8) is 0 Å². The molecule has 0 saturated carbocycles. The Morgan fingerprint density at radius 1 is 0.500 bits per heavy atom. The standard InChI is InChI=1S/C26H31IS/c1-25(2,3)20-12-16-23(17-13-20)28(27,22-10-8-7-9-11-22)24-18-14-21(15-19-24)26(4,5)6/h7-19H,1-6H3. The molecule has 0 unspecified atom stereocenters. The minimum absolute atomic E-state index is 0.170. The van der Waals surface area contributed by atoms with Crippen LogP contribution in [0.4, 0.5) is 0 Å². The summed E-state index contributed by atoms with van der Waals surface area (Å²) < 4.78 is 0. The summed E-state index contributed by atoms with van der Waals surface area (Å²) in [5.74, 6) is 0. The zero-order valence-electron chi connectivity index (χ0n) is 17.8. The maximum Gasteiger partial charge on any atom is 0.00704 e. The van der Waals surface area contributed by atoms with E-state index in [2.05, 4.69) is 142 Å². The molecule has 0 spiro atoms. The van der Waals surface area contributed by atoms with Crippen LogP contribution in [0.5, 0.6) is 0 Å². The summed E-state index contributed by atoms with van der Waals surface area (Å²) in [6.45, 7) is 13.6. The molecule has 0 heterocycles. The average Bonchev–Trinajstić information content (AvgIpc) is 2.67. The summed E-state index contributed by atoms with van der Waals surface area (Å²) in [6, 6.07) is 29.6. The average molecular weight is 503 g/mol. The van der Waals surface area contributed by atoms with Gasteiger partial charge < -0.3 is 0 Å². The molecular formula is C26H31IS. The number of benzene rings is 3. The van der Waals surface area contributed by atoms with E-state index in [9.17, 15) is 0 Å². The first kappa shape index (κ1) is 21.4. The van der Waals surface area contributed by atoms with Crippen LogP contribution in [0, 0.1) is 0 Å². The Hall–Kier alpha value is -1.26. The largest absolute Gasteiger partial charge is 0.105 e. The molecule has 0 aliphatic heterocycles. The van der Waals surface area contributed by atoms with Gasteiger partial charge in [-0.05, 0) is 79.6 Å². The SMILES string of the molecule is CC(C)(C)c1ccc(S(I)(c2ccccc2)c2ccc(C(C)(C)C)cc2)cc1. The highest BCUT2D eigenvalue weighted by Gasteiger charge is 2.29. The monoisotopic (exact) mass is 502 g/mol. The van der Waals surface area contributed by atoms with Crippen LogP contribution in [-0.4, -0.2) is 0 Å². The molecule has 3 aromatic rings. The van der Waals surface area contributed by atoms with Crippen molar-refractivity contribution in [3.05, 3.63) is 90.0 Å². The lowest BCUT2D eigenvalue weighted by atomic mass is 9.87. The normalized spacial score (nSPS) is 13.4. The minimum atomic E-state index is -1.33. The summed E-state index contributed by atoms with van der Waals surface area (Å²) in [7, 11) is -1.33. The van der Waals surface area contributed by atoms with Gasteiger partial charge in [0.05, 0.1) is 0 Å². The molecular weight excluding hydrogens is 471 g/mol. The summed E-state index contributed by atoms with van der Waals surface area (Å²) >= 11 is 2.72. The van der Waals surface area contributed by atoms with Crippen molar-refractivity contribution >= 4 is 28.4 Å². The third-order valence-electron chi connectivity index (χ3n) is 5.16. The van der Waals surface area contributed by atoms with Crippen LogP contribution in [0.15, 0.2) is 93.5 Å². The smallest absolute Gasteiger partial charge is 0.00704 e. The summed E-state index contributed by atoms with van der Waals surface area (Å²) in [5.41, 5.74) is 3.10. The van der Waals surface area contributed by atoms with E-state index in [1.165, 1.54) is 25.8 Å². The van der Waals surface area contributed by atoms with Gasteiger partial charge in [-0.2, -0.15) is 0 Å². The molecule has 148 valence electrons. The fraction of sp³-hybridized carbons (Fsp3) is 0.308. The molecule has 0 fully saturated rings. The molecule has 28 heavy (non-hydrogen) atoms. The maximum atomic E-state index is 2.72. The second kappa shape index (κ2) is 7.87. The molecule has 0 N–H and O–H groups in total. The van der Waals surface area contributed by atoms with Gasteiger partial charge in [-0.15, -0.1) is 7.20 Å². The predicted octanol–water partition coefficient (Wildman–Crippen LogP) is 8.91.